The van der Waals surface area contributed by atoms with Crippen LogP contribution in [0.3, 0.4) is 0 Å². The van der Waals surface area contributed by atoms with Crippen molar-refractivity contribution >= 4 is 11.6 Å². The Kier molecular flexibility index (Phi) is 5.52. The molecule has 126 valence electrons. The second kappa shape index (κ2) is 8.00. The van der Waals surface area contributed by atoms with Gasteiger partial charge in [0.1, 0.15) is 0 Å². The van der Waals surface area contributed by atoms with Gasteiger partial charge in [-0.1, -0.05) is 29.8 Å². The van der Waals surface area contributed by atoms with Gasteiger partial charge in [-0.25, -0.2) is 0 Å². The van der Waals surface area contributed by atoms with Gasteiger partial charge >= 0.3 is 0 Å². The van der Waals surface area contributed by atoms with Gasteiger partial charge in [0.05, 0.1) is 0 Å². The van der Waals surface area contributed by atoms with Crippen LogP contribution < -0.4 is 10.2 Å². The fraction of sp³-hybridized carbons (Fsp3) is 0.381. The van der Waals surface area contributed by atoms with Gasteiger partial charge < -0.3 is 10.2 Å². The van der Waals surface area contributed by atoms with Crippen LogP contribution in [0, 0.1) is 6.92 Å². The predicted molar refractivity (Wildman–Crippen MR) is 99.7 cm³/mol. The summed E-state index contributed by atoms with van der Waals surface area (Å²) in [6.45, 7) is 5.03. The van der Waals surface area contributed by atoms with Gasteiger partial charge in [0.2, 0.25) is 0 Å². The van der Waals surface area contributed by atoms with Crippen LogP contribution in [-0.4, -0.2) is 25.5 Å². The standard InChI is InChI=1S/C21H26N2O/c1-17-5-9-19(10-6-17)21(24)22-14-13-18-7-11-20(12-8-18)23-15-3-2-4-16-23/h5-12H,2-4,13-16H2,1H3,(H,22,24). The monoisotopic (exact) mass is 322 g/mol. The number of anilines is 1. The number of nitrogens with zero attached hydrogens (tertiary/aromatic N) is 1. The first-order valence-electron chi connectivity index (χ1n) is 8.91. The topological polar surface area (TPSA) is 32.3 Å². The Morgan fingerprint density at radius 1 is 0.958 bits per heavy atom. The zero-order valence-electron chi connectivity index (χ0n) is 14.4. The van der Waals surface area contributed by atoms with Crippen LogP contribution >= 0.6 is 0 Å². The molecule has 2 aromatic carbocycles. The van der Waals surface area contributed by atoms with Crippen LogP contribution in [-0.2, 0) is 6.42 Å². The number of benzene rings is 2. The fourth-order valence-corrected chi connectivity index (χ4v) is 3.15. The molecule has 0 bridgehead atoms. The lowest BCUT2D eigenvalue weighted by Crippen LogP contribution is -2.29. The Hall–Kier alpha value is -2.29. The number of rotatable bonds is 5. The van der Waals surface area contributed by atoms with Gasteiger partial charge in [-0.05, 0) is 62.4 Å². The summed E-state index contributed by atoms with van der Waals surface area (Å²) >= 11 is 0. The smallest absolute Gasteiger partial charge is 0.251 e. The Morgan fingerprint density at radius 2 is 1.62 bits per heavy atom. The lowest BCUT2D eigenvalue weighted by Gasteiger charge is -2.28. The third-order valence-corrected chi connectivity index (χ3v) is 4.67. The van der Waals surface area contributed by atoms with Crippen LogP contribution in [0.25, 0.3) is 0 Å². The summed E-state index contributed by atoms with van der Waals surface area (Å²) in [7, 11) is 0. The van der Waals surface area contributed by atoms with Gasteiger partial charge in [-0.15, -0.1) is 0 Å². The van der Waals surface area contributed by atoms with Crippen LogP contribution in [0.15, 0.2) is 48.5 Å². The van der Waals surface area contributed by atoms with E-state index in [9.17, 15) is 4.79 Å². The average Bonchev–Trinajstić information content (AvgIpc) is 2.63. The minimum atomic E-state index is -0.0000584. The highest BCUT2D eigenvalue weighted by Crippen LogP contribution is 2.20. The largest absolute Gasteiger partial charge is 0.372 e. The van der Waals surface area contributed by atoms with E-state index in [2.05, 4.69) is 34.5 Å². The Morgan fingerprint density at radius 3 is 2.29 bits per heavy atom. The zero-order valence-corrected chi connectivity index (χ0v) is 14.4. The SMILES string of the molecule is Cc1ccc(C(=O)NCCc2ccc(N3CCCCC3)cc2)cc1. The first kappa shape index (κ1) is 16.6. The number of piperidine rings is 1. The molecule has 1 aliphatic rings. The van der Waals surface area contributed by atoms with Crippen molar-refractivity contribution in [2.75, 3.05) is 24.5 Å². The second-order valence-corrected chi connectivity index (χ2v) is 6.59. The minimum absolute atomic E-state index is 0.0000584. The Balaban J connectivity index is 1.48. The number of carbonyl (C=O) groups is 1. The predicted octanol–water partition coefficient (Wildman–Crippen LogP) is 3.96. The van der Waals surface area contributed by atoms with E-state index in [-0.39, 0.29) is 5.91 Å². The first-order chi connectivity index (χ1) is 11.7. The maximum absolute atomic E-state index is 12.1. The average molecular weight is 322 g/mol. The molecule has 0 radical (unpaired) electrons. The van der Waals surface area contributed by atoms with E-state index in [1.807, 2.05) is 31.2 Å². The summed E-state index contributed by atoms with van der Waals surface area (Å²) in [5.74, 6) is -0.0000584. The highest BCUT2D eigenvalue weighted by Gasteiger charge is 2.10. The highest BCUT2D eigenvalue weighted by atomic mass is 16.1. The van der Waals surface area contributed by atoms with Crippen molar-refractivity contribution in [2.45, 2.75) is 32.6 Å². The number of hydrogen-bond acceptors (Lipinski definition) is 2. The molecule has 3 heteroatoms. The third kappa shape index (κ3) is 4.38. The van der Waals surface area contributed by atoms with Crippen LogP contribution in [0.4, 0.5) is 5.69 Å². The number of hydrogen-bond donors (Lipinski definition) is 1. The van der Waals surface area contributed by atoms with Crippen molar-refractivity contribution in [3.8, 4) is 0 Å². The maximum atomic E-state index is 12.1. The van der Waals surface area contributed by atoms with Crippen molar-refractivity contribution in [2.24, 2.45) is 0 Å². The molecular formula is C21H26N2O. The van der Waals surface area contributed by atoms with Gasteiger partial charge in [0.15, 0.2) is 0 Å². The summed E-state index contributed by atoms with van der Waals surface area (Å²) in [4.78, 5) is 14.6. The van der Waals surface area contributed by atoms with Gasteiger partial charge in [0, 0.05) is 30.9 Å². The molecule has 0 saturated carbocycles. The van der Waals surface area contributed by atoms with Crippen LogP contribution in [0.1, 0.15) is 40.7 Å². The van der Waals surface area contributed by atoms with Crippen LogP contribution in [0.2, 0.25) is 0 Å². The summed E-state index contributed by atoms with van der Waals surface area (Å²) in [5, 5.41) is 3.00. The summed E-state index contributed by atoms with van der Waals surface area (Å²) in [5.41, 5.74) is 4.48. The summed E-state index contributed by atoms with van der Waals surface area (Å²) < 4.78 is 0. The van der Waals surface area contributed by atoms with Gasteiger partial charge in [-0.2, -0.15) is 0 Å². The quantitative estimate of drug-likeness (QED) is 0.904. The van der Waals surface area contributed by atoms with Gasteiger partial charge in [0.25, 0.3) is 5.91 Å². The van der Waals surface area contributed by atoms with Crippen molar-refractivity contribution < 1.29 is 4.79 Å². The molecule has 0 aromatic heterocycles. The van der Waals surface area contributed by atoms with Crippen molar-refractivity contribution in [1.29, 1.82) is 0 Å². The molecule has 0 atom stereocenters. The maximum Gasteiger partial charge on any atom is 0.251 e. The normalized spacial score (nSPS) is 14.5. The molecular weight excluding hydrogens is 296 g/mol. The van der Waals surface area contributed by atoms with E-state index in [1.165, 1.54) is 49.2 Å². The lowest BCUT2D eigenvalue weighted by atomic mass is 10.1. The molecule has 1 fully saturated rings. The second-order valence-electron chi connectivity index (χ2n) is 6.59. The summed E-state index contributed by atoms with van der Waals surface area (Å²) in [6.07, 6.45) is 4.81. The van der Waals surface area contributed by atoms with Crippen molar-refractivity contribution in [3.05, 3.63) is 65.2 Å². The van der Waals surface area contributed by atoms with Crippen molar-refractivity contribution in [1.82, 2.24) is 5.32 Å². The zero-order chi connectivity index (χ0) is 16.8. The van der Waals surface area contributed by atoms with Gasteiger partial charge in [-0.3, -0.25) is 4.79 Å². The summed E-state index contributed by atoms with van der Waals surface area (Å²) in [6, 6.07) is 16.5. The fourth-order valence-electron chi connectivity index (χ4n) is 3.15. The molecule has 2 aromatic rings. The number of nitrogens with one attached hydrogen (secondary N) is 1. The molecule has 3 nitrogen and oxygen atoms in total. The van der Waals surface area contributed by atoms with E-state index < -0.39 is 0 Å². The third-order valence-electron chi connectivity index (χ3n) is 4.67. The molecule has 1 heterocycles. The van der Waals surface area contributed by atoms with E-state index in [0.717, 1.165) is 12.0 Å². The van der Waals surface area contributed by atoms with E-state index in [0.29, 0.717) is 6.54 Å². The molecule has 1 saturated heterocycles. The number of carbonyl (C=O) groups excluding carboxylic acids is 1. The van der Waals surface area contributed by atoms with E-state index >= 15 is 0 Å². The molecule has 3 rings (SSSR count). The number of aryl methyl sites for hydroxylation is 1. The number of amides is 1. The molecule has 0 aliphatic carbocycles. The Labute approximate surface area is 144 Å². The molecule has 24 heavy (non-hydrogen) atoms. The minimum Gasteiger partial charge on any atom is -0.372 e. The van der Waals surface area contributed by atoms with Crippen molar-refractivity contribution in [3.63, 3.8) is 0 Å². The lowest BCUT2D eigenvalue weighted by molar-refractivity contribution is 0.0954. The first-order valence-corrected chi connectivity index (χ1v) is 8.91. The van der Waals surface area contributed by atoms with E-state index in [1.54, 1.807) is 0 Å². The van der Waals surface area contributed by atoms with Crippen LogP contribution in [0.5, 0.6) is 0 Å². The van der Waals surface area contributed by atoms with E-state index in [4.69, 9.17) is 0 Å². The molecule has 0 unspecified atom stereocenters. The molecule has 0 spiro atoms. The molecule has 1 amide bonds. The highest BCUT2D eigenvalue weighted by molar-refractivity contribution is 5.94. The Bertz CT molecular complexity index is 655. The molecule has 1 N–H and O–H groups in total. The molecule has 1 aliphatic heterocycles.